The van der Waals surface area contributed by atoms with Crippen molar-refractivity contribution in [2.45, 2.75) is 44.9 Å². The number of thiol groups is 1. The van der Waals surface area contributed by atoms with Gasteiger partial charge in [0.1, 0.15) is 0 Å². The molecule has 1 saturated carbocycles. The van der Waals surface area contributed by atoms with Gasteiger partial charge in [0.15, 0.2) is 0 Å². The van der Waals surface area contributed by atoms with Crippen molar-refractivity contribution in [3.05, 3.63) is 0 Å². The molecule has 60 valence electrons. The fourth-order valence-corrected chi connectivity index (χ4v) is 1.38. The minimum absolute atomic E-state index is 0.367. The molecule has 1 rings (SSSR count). The molecule has 3 heteroatoms. The molecule has 10 heavy (non-hydrogen) atoms. The van der Waals surface area contributed by atoms with Gasteiger partial charge in [-0.15, -0.1) is 0 Å². The second-order valence-electron chi connectivity index (χ2n) is 3.10. The third-order valence-corrected chi connectivity index (χ3v) is 2.11. The summed E-state index contributed by atoms with van der Waals surface area (Å²) in [6, 6.07) is 0.576. The smallest absolute Gasteiger partial charge is 0.0609 e. The first kappa shape index (κ1) is 8.37. The number of nitrogens with one attached hydrogen (secondary N) is 1. The lowest BCUT2D eigenvalue weighted by molar-refractivity contribution is -0.0455. The standard InChI is InChI=1S/C7H15NOS/c1-5(2)9-7-3-6(4-7)8-10/h5-8,10H,3-4H2,1-2H3. The van der Waals surface area contributed by atoms with Crippen molar-refractivity contribution in [1.29, 1.82) is 0 Å². The van der Waals surface area contributed by atoms with Gasteiger partial charge in [0.2, 0.25) is 0 Å². The van der Waals surface area contributed by atoms with E-state index in [1.807, 2.05) is 0 Å². The van der Waals surface area contributed by atoms with Crippen LogP contribution in [0.25, 0.3) is 0 Å². The first-order valence-corrected chi connectivity index (χ1v) is 4.22. The molecule has 0 aromatic carbocycles. The number of ether oxygens (including phenoxy) is 1. The molecule has 1 aliphatic carbocycles. The van der Waals surface area contributed by atoms with Gasteiger partial charge in [-0.1, -0.05) is 12.8 Å². The largest absolute Gasteiger partial charge is 0.375 e. The summed E-state index contributed by atoms with van der Waals surface area (Å²) >= 11 is 3.97. The molecule has 0 radical (unpaired) electrons. The van der Waals surface area contributed by atoms with E-state index < -0.39 is 0 Å². The van der Waals surface area contributed by atoms with Crippen LogP contribution in [0.2, 0.25) is 0 Å². The van der Waals surface area contributed by atoms with E-state index in [2.05, 4.69) is 31.4 Å². The van der Waals surface area contributed by atoms with Gasteiger partial charge in [-0.05, 0) is 26.7 Å². The maximum Gasteiger partial charge on any atom is 0.0609 e. The highest BCUT2D eigenvalue weighted by Crippen LogP contribution is 2.24. The van der Waals surface area contributed by atoms with Crippen molar-refractivity contribution in [1.82, 2.24) is 4.72 Å². The normalized spacial score (nSPS) is 32.4. The van der Waals surface area contributed by atoms with Crippen LogP contribution in [0.1, 0.15) is 26.7 Å². The summed E-state index contributed by atoms with van der Waals surface area (Å²) in [5.41, 5.74) is 0. The predicted octanol–water partition coefficient (Wildman–Crippen LogP) is 1.38. The Morgan fingerprint density at radius 3 is 2.50 bits per heavy atom. The second kappa shape index (κ2) is 3.60. The van der Waals surface area contributed by atoms with Gasteiger partial charge >= 0.3 is 0 Å². The molecule has 1 fully saturated rings. The summed E-state index contributed by atoms with van der Waals surface area (Å²) in [5, 5.41) is 0. The Morgan fingerprint density at radius 1 is 1.50 bits per heavy atom. The first-order chi connectivity index (χ1) is 4.72. The Hall–Kier alpha value is 0.270. The lowest BCUT2D eigenvalue weighted by atomic mass is 9.90. The van der Waals surface area contributed by atoms with Crippen LogP contribution in [0.3, 0.4) is 0 Å². The topological polar surface area (TPSA) is 21.3 Å². The fraction of sp³-hybridized carbons (Fsp3) is 1.00. The second-order valence-corrected chi connectivity index (χ2v) is 3.36. The summed E-state index contributed by atoms with van der Waals surface area (Å²) < 4.78 is 8.46. The van der Waals surface area contributed by atoms with Gasteiger partial charge in [-0.2, -0.15) is 0 Å². The van der Waals surface area contributed by atoms with Crippen LogP contribution in [0.5, 0.6) is 0 Å². The van der Waals surface area contributed by atoms with E-state index in [0.717, 1.165) is 12.8 Å². The average molecular weight is 161 g/mol. The molecule has 0 amide bonds. The van der Waals surface area contributed by atoms with E-state index in [1.54, 1.807) is 0 Å². The maximum atomic E-state index is 5.54. The van der Waals surface area contributed by atoms with Gasteiger partial charge in [0.25, 0.3) is 0 Å². The first-order valence-electron chi connectivity index (χ1n) is 3.77. The lowest BCUT2D eigenvalue weighted by Crippen LogP contribution is -2.42. The van der Waals surface area contributed by atoms with Crippen LogP contribution in [-0.2, 0) is 4.74 Å². The maximum absolute atomic E-state index is 5.54. The van der Waals surface area contributed by atoms with Crippen molar-refractivity contribution in [3.63, 3.8) is 0 Å². The Bertz CT molecular complexity index is 102. The predicted molar refractivity (Wildman–Crippen MR) is 45.2 cm³/mol. The molecule has 0 atom stereocenters. The quantitative estimate of drug-likeness (QED) is 0.610. The van der Waals surface area contributed by atoms with Crippen LogP contribution in [-0.4, -0.2) is 18.2 Å². The van der Waals surface area contributed by atoms with Gasteiger partial charge in [0, 0.05) is 6.04 Å². The highest BCUT2D eigenvalue weighted by Gasteiger charge is 2.29. The van der Waals surface area contributed by atoms with Gasteiger partial charge in [-0.25, -0.2) is 0 Å². The van der Waals surface area contributed by atoms with Crippen molar-refractivity contribution >= 4 is 12.8 Å². The van der Waals surface area contributed by atoms with E-state index in [4.69, 9.17) is 4.74 Å². The van der Waals surface area contributed by atoms with E-state index >= 15 is 0 Å². The van der Waals surface area contributed by atoms with Crippen molar-refractivity contribution in [2.75, 3.05) is 0 Å². The molecule has 0 unspecified atom stereocenters. The number of hydrogen-bond acceptors (Lipinski definition) is 3. The molecule has 2 nitrogen and oxygen atoms in total. The van der Waals surface area contributed by atoms with E-state index in [9.17, 15) is 0 Å². The Morgan fingerprint density at radius 2 is 2.10 bits per heavy atom. The SMILES string of the molecule is CC(C)OC1CC(NS)C1. The molecular formula is C7H15NOS. The van der Waals surface area contributed by atoms with Crippen molar-refractivity contribution in [2.24, 2.45) is 0 Å². The summed E-state index contributed by atoms with van der Waals surface area (Å²) in [6.07, 6.45) is 3.07. The third-order valence-electron chi connectivity index (χ3n) is 1.74. The van der Waals surface area contributed by atoms with E-state index in [-0.39, 0.29) is 0 Å². The molecule has 0 heterocycles. The monoisotopic (exact) mass is 161 g/mol. The van der Waals surface area contributed by atoms with Crippen molar-refractivity contribution < 1.29 is 4.74 Å². The zero-order valence-corrected chi connectivity index (χ0v) is 7.40. The van der Waals surface area contributed by atoms with Gasteiger partial charge in [0.05, 0.1) is 12.2 Å². The van der Waals surface area contributed by atoms with Crippen LogP contribution >= 0.6 is 12.8 Å². The fourth-order valence-electron chi connectivity index (χ4n) is 1.17. The van der Waals surface area contributed by atoms with Gasteiger partial charge < -0.3 is 4.74 Å². The summed E-state index contributed by atoms with van der Waals surface area (Å²) in [7, 11) is 0. The summed E-state index contributed by atoms with van der Waals surface area (Å²) in [5.74, 6) is 0. The van der Waals surface area contributed by atoms with E-state index in [1.165, 1.54) is 0 Å². The molecule has 0 saturated heterocycles. The van der Waals surface area contributed by atoms with Crippen LogP contribution in [0.15, 0.2) is 0 Å². The highest BCUT2D eigenvalue weighted by molar-refractivity contribution is 7.78. The number of hydrogen-bond donors (Lipinski definition) is 2. The summed E-state index contributed by atoms with van der Waals surface area (Å²) in [6.45, 7) is 4.14. The Kier molecular flexibility index (Phi) is 3.01. The molecular weight excluding hydrogens is 146 g/mol. The molecule has 0 bridgehead atoms. The highest BCUT2D eigenvalue weighted by atomic mass is 32.1. The van der Waals surface area contributed by atoms with Crippen LogP contribution < -0.4 is 4.72 Å². The van der Waals surface area contributed by atoms with Crippen LogP contribution in [0, 0.1) is 0 Å². The molecule has 0 aromatic rings. The average Bonchev–Trinajstić information content (AvgIpc) is 1.76. The minimum Gasteiger partial charge on any atom is -0.375 e. The molecule has 0 spiro atoms. The minimum atomic E-state index is 0.367. The Balaban J connectivity index is 2.03. The zero-order valence-electron chi connectivity index (χ0n) is 6.50. The Labute approximate surface area is 67.9 Å². The zero-order chi connectivity index (χ0) is 7.56. The third kappa shape index (κ3) is 2.15. The summed E-state index contributed by atoms with van der Waals surface area (Å²) in [4.78, 5) is 0. The van der Waals surface area contributed by atoms with Crippen molar-refractivity contribution in [3.8, 4) is 0 Å². The molecule has 0 aliphatic heterocycles. The van der Waals surface area contributed by atoms with Crippen LogP contribution in [0.4, 0.5) is 0 Å². The van der Waals surface area contributed by atoms with Gasteiger partial charge in [-0.3, -0.25) is 4.72 Å². The molecule has 1 N–H and O–H groups in total. The molecule has 1 aliphatic rings. The van der Waals surface area contributed by atoms with E-state index in [0.29, 0.717) is 18.2 Å². The lowest BCUT2D eigenvalue weighted by Gasteiger charge is -2.35. The molecule has 0 aromatic heterocycles. The number of rotatable bonds is 3.